The Labute approximate surface area is 87.6 Å². The minimum Gasteiger partial charge on any atom is -0.381 e. The number of amides is 1. The maximum absolute atomic E-state index is 11.3. The summed E-state index contributed by atoms with van der Waals surface area (Å²) in [5.41, 5.74) is 0. The third-order valence-corrected chi connectivity index (χ3v) is 1.65. The smallest absolute Gasteiger partial charge is 0.292 e. The molecule has 2 N–H and O–H groups in total. The zero-order chi connectivity index (χ0) is 10.9. The van der Waals surface area contributed by atoms with Gasteiger partial charge in [-0.3, -0.25) is 4.79 Å². The van der Waals surface area contributed by atoms with Crippen LogP contribution in [0.4, 0.5) is 0 Å². The van der Waals surface area contributed by atoms with Crippen LogP contribution in [0.15, 0.2) is 0 Å². The van der Waals surface area contributed by atoms with E-state index >= 15 is 0 Å². The molecule has 7 heteroatoms. The maximum Gasteiger partial charge on any atom is 0.292 e. The summed E-state index contributed by atoms with van der Waals surface area (Å²) in [6.07, 6.45) is 1.79. The summed E-state index contributed by atoms with van der Waals surface area (Å²) in [6, 6.07) is 0. The molecule has 0 aliphatic heterocycles. The Morgan fingerprint density at radius 2 is 2.40 bits per heavy atom. The van der Waals surface area contributed by atoms with Crippen molar-refractivity contribution in [2.45, 2.75) is 19.8 Å². The largest absolute Gasteiger partial charge is 0.381 e. The predicted octanol–water partition coefficient (Wildman–Crippen LogP) is -0.254. The molecule has 84 valence electrons. The molecule has 0 spiro atoms. The number of H-pyrrole nitrogens is 1. The van der Waals surface area contributed by atoms with Crippen LogP contribution in [0.1, 0.15) is 30.4 Å². The average molecular weight is 213 g/mol. The van der Waals surface area contributed by atoms with Gasteiger partial charge in [-0.2, -0.15) is 5.21 Å². The second kappa shape index (κ2) is 6.88. The number of hydrogen-bond donors (Lipinski definition) is 2. The Balaban J connectivity index is 2.03. The summed E-state index contributed by atoms with van der Waals surface area (Å²) in [4.78, 5) is 11.3. The lowest BCUT2D eigenvalue weighted by molar-refractivity contribution is 0.0931. The number of ether oxygens (including phenoxy) is 1. The van der Waals surface area contributed by atoms with Gasteiger partial charge in [-0.1, -0.05) is 6.92 Å². The van der Waals surface area contributed by atoms with Crippen molar-refractivity contribution >= 4 is 5.91 Å². The fourth-order valence-electron chi connectivity index (χ4n) is 0.960. The van der Waals surface area contributed by atoms with Crippen LogP contribution >= 0.6 is 0 Å². The summed E-state index contributed by atoms with van der Waals surface area (Å²) in [7, 11) is 0. The van der Waals surface area contributed by atoms with E-state index in [9.17, 15) is 4.79 Å². The van der Waals surface area contributed by atoms with E-state index in [0.29, 0.717) is 13.2 Å². The van der Waals surface area contributed by atoms with Crippen LogP contribution in [0.25, 0.3) is 0 Å². The fraction of sp³-hybridized carbons (Fsp3) is 0.750. The number of carbonyl (C=O) groups excluding carboxylic acids is 1. The molecule has 0 saturated heterocycles. The van der Waals surface area contributed by atoms with Gasteiger partial charge in [0.1, 0.15) is 0 Å². The molecule has 0 saturated carbocycles. The van der Waals surface area contributed by atoms with Gasteiger partial charge < -0.3 is 10.1 Å². The highest BCUT2D eigenvalue weighted by Crippen LogP contribution is 1.86. The minimum atomic E-state index is -0.320. The van der Waals surface area contributed by atoms with E-state index < -0.39 is 0 Å². The Kier molecular flexibility index (Phi) is 5.31. The molecule has 0 fully saturated rings. The monoisotopic (exact) mass is 213 g/mol. The van der Waals surface area contributed by atoms with Crippen molar-refractivity contribution < 1.29 is 9.53 Å². The predicted molar refractivity (Wildman–Crippen MR) is 52.2 cm³/mol. The molecule has 1 amide bonds. The van der Waals surface area contributed by atoms with Gasteiger partial charge in [0.05, 0.1) is 0 Å². The Morgan fingerprint density at radius 3 is 3.07 bits per heavy atom. The number of rotatable bonds is 7. The van der Waals surface area contributed by atoms with Crippen molar-refractivity contribution in [3.8, 4) is 0 Å². The summed E-state index contributed by atoms with van der Waals surface area (Å²) in [5, 5.41) is 15.3. The first-order chi connectivity index (χ1) is 7.34. The van der Waals surface area contributed by atoms with Crippen LogP contribution in [0.5, 0.6) is 0 Å². The van der Waals surface area contributed by atoms with Crippen molar-refractivity contribution in [3.05, 3.63) is 5.82 Å². The number of hydrogen-bond acceptors (Lipinski definition) is 5. The van der Waals surface area contributed by atoms with Crippen LogP contribution in [-0.4, -0.2) is 46.3 Å². The molecule has 7 nitrogen and oxygen atoms in total. The molecule has 0 bridgehead atoms. The van der Waals surface area contributed by atoms with E-state index in [1.807, 2.05) is 0 Å². The molecule has 1 heterocycles. The Hall–Kier alpha value is -1.50. The zero-order valence-corrected chi connectivity index (χ0v) is 8.69. The van der Waals surface area contributed by atoms with Gasteiger partial charge in [-0.15, -0.1) is 10.2 Å². The second-order valence-electron chi connectivity index (χ2n) is 2.96. The highest BCUT2D eigenvalue weighted by Gasteiger charge is 2.08. The second-order valence-corrected chi connectivity index (χ2v) is 2.96. The Bertz CT molecular complexity index is 275. The lowest BCUT2D eigenvalue weighted by Crippen LogP contribution is -2.26. The average Bonchev–Trinajstić information content (AvgIpc) is 2.76. The van der Waals surface area contributed by atoms with Crippen LogP contribution in [0.2, 0.25) is 0 Å². The van der Waals surface area contributed by atoms with Crippen LogP contribution in [-0.2, 0) is 4.74 Å². The lowest BCUT2D eigenvalue weighted by atomic mass is 10.4. The van der Waals surface area contributed by atoms with Gasteiger partial charge in [0.2, 0.25) is 0 Å². The van der Waals surface area contributed by atoms with Crippen molar-refractivity contribution in [2.24, 2.45) is 0 Å². The number of aromatic nitrogens is 4. The maximum atomic E-state index is 11.3. The summed E-state index contributed by atoms with van der Waals surface area (Å²) in [6.45, 7) is 4.02. The van der Waals surface area contributed by atoms with Gasteiger partial charge in [0, 0.05) is 19.8 Å². The molecule has 1 rings (SSSR count). The molecule has 0 radical (unpaired) electrons. The van der Waals surface area contributed by atoms with Gasteiger partial charge in [0.15, 0.2) is 0 Å². The number of tetrazole rings is 1. The minimum absolute atomic E-state index is 0.0597. The summed E-state index contributed by atoms with van der Waals surface area (Å²) in [5.74, 6) is -0.260. The van der Waals surface area contributed by atoms with Gasteiger partial charge in [0.25, 0.3) is 11.7 Å². The molecular formula is C8H15N5O2. The van der Waals surface area contributed by atoms with Crippen LogP contribution < -0.4 is 5.32 Å². The first-order valence-corrected chi connectivity index (χ1v) is 4.94. The number of aromatic amines is 1. The highest BCUT2D eigenvalue weighted by atomic mass is 16.5. The third-order valence-electron chi connectivity index (χ3n) is 1.65. The summed E-state index contributed by atoms with van der Waals surface area (Å²) >= 11 is 0. The van der Waals surface area contributed by atoms with Gasteiger partial charge in [-0.25, -0.2) is 0 Å². The first kappa shape index (κ1) is 11.6. The molecule has 0 unspecified atom stereocenters. The van der Waals surface area contributed by atoms with Crippen molar-refractivity contribution in [3.63, 3.8) is 0 Å². The highest BCUT2D eigenvalue weighted by molar-refractivity contribution is 5.89. The van der Waals surface area contributed by atoms with Crippen LogP contribution in [0.3, 0.4) is 0 Å². The first-order valence-electron chi connectivity index (χ1n) is 4.94. The van der Waals surface area contributed by atoms with E-state index in [0.717, 1.165) is 19.4 Å². The van der Waals surface area contributed by atoms with E-state index in [4.69, 9.17) is 4.74 Å². The van der Waals surface area contributed by atoms with Crippen molar-refractivity contribution in [1.29, 1.82) is 0 Å². The topological polar surface area (TPSA) is 92.8 Å². The van der Waals surface area contributed by atoms with Gasteiger partial charge >= 0.3 is 0 Å². The molecule has 0 aromatic carbocycles. The third kappa shape index (κ3) is 4.50. The molecular weight excluding hydrogens is 198 g/mol. The quantitative estimate of drug-likeness (QED) is 0.609. The Morgan fingerprint density at radius 1 is 1.53 bits per heavy atom. The lowest BCUT2D eigenvalue weighted by Gasteiger charge is -2.03. The molecule has 15 heavy (non-hydrogen) atoms. The molecule has 0 aliphatic carbocycles. The molecule has 0 atom stereocenters. The number of nitrogens with one attached hydrogen (secondary N) is 2. The zero-order valence-electron chi connectivity index (χ0n) is 8.69. The SMILES string of the molecule is CCCOCCCNC(=O)c1nn[nH]n1. The van der Waals surface area contributed by atoms with Crippen molar-refractivity contribution in [2.75, 3.05) is 19.8 Å². The molecule has 0 aliphatic rings. The van der Waals surface area contributed by atoms with Crippen LogP contribution in [0, 0.1) is 0 Å². The molecule has 1 aromatic rings. The number of nitrogens with zero attached hydrogens (tertiary/aromatic N) is 3. The van der Waals surface area contributed by atoms with Gasteiger partial charge in [-0.05, 0) is 18.1 Å². The van der Waals surface area contributed by atoms with E-state index in [-0.39, 0.29) is 11.7 Å². The normalized spacial score (nSPS) is 10.2. The van der Waals surface area contributed by atoms with E-state index in [1.54, 1.807) is 0 Å². The summed E-state index contributed by atoms with van der Waals surface area (Å²) < 4.78 is 5.25. The van der Waals surface area contributed by atoms with E-state index in [1.165, 1.54) is 0 Å². The van der Waals surface area contributed by atoms with E-state index in [2.05, 4.69) is 32.9 Å². The van der Waals surface area contributed by atoms with Crippen molar-refractivity contribution in [1.82, 2.24) is 25.9 Å². The molecule has 1 aromatic heterocycles. The fourth-order valence-corrected chi connectivity index (χ4v) is 0.960. The number of carbonyl (C=O) groups is 1. The standard InChI is InChI=1S/C8H15N5O2/c1-2-5-15-6-3-4-9-8(14)7-10-12-13-11-7/h2-6H2,1H3,(H,9,14)(H,10,11,12,13).